The summed E-state index contributed by atoms with van der Waals surface area (Å²) in [5.74, 6) is -5.33. The van der Waals surface area contributed by atoms with Crippen LogP contribution in [0.25, 0.3) is 0 Å². The van der Waals surface area contributed by atoms with Crippen molar-refractivity contribution in [3.63, 3.8) is 0 Å². The highest BCUT2D eigenvalue weighted by molar-refractivity contribution is 9.13. The molecule has 1 saturated carbocycles. The predicted molar refractivity (Wildman–Crippen MR) is 162 cm³/mol. The number of carbonyl (C=O) groups is 4. The number of allylic oxidation sites excluding steroid dienone is 2. The molecule has 6 rings (SSSR count). The van der Waals surface area contributed by atoms with Gasteiger partial charge in [-0.3, -0.25) is 29.0 Å². The molecule has 13 heteroatoms. The number of rotatable bonds is 4. The van der Waals surface area contributed by atoms with Crippen molar-refractivity contribution in [2.24, 2.45) is 17.8 Å². The summed E-state index contributed by atoms with van der Waals surface area (Å²) in [4.78, 5) is 53.6. The average molecular weight is 792 g/mol. The Bertz CT molecular complexity index is 1570. The Morgan fingerprint density at radius 3 is 2.34 bits per heavy atom. The standard InChI is InChI=1S/C28H21Br3Cl2N2O6/c1-41-17-9-15(20(30)21(31)22(17)36)19-13-7-8-14-18(24(38)35(23(14)37)12-5-3-2-4-6-12)16(13)10-27(32)25(39)34(11-29)26(40)28(19,27)33/h2-7,9,14,16,18-19,36H,8,10-11H2,1H3. The predicted octanol–water partition coefficient (Wildman–Crippen LogP) is 5.84. The van der Waals surface area contributed by atoms with E-state index in [9.17, 15) is 24.3 Å². The maximum Gasteiger partial charge on any atom is 0.254 e. The van der Waals surface area contributed by atoms with Crippen LogP contribution in [0.1, 0.15) is 24.3 Å². The van der Waals surface area contributed by atoms with Gasteiger partial charge in [-0.05, 0) is 74.4 Å². The van der Waals surface area contributed by atoms with E-state index in [4.69, 9.17) is 27.9 Å². The number of halogens is 5. The molecule has 0 aromatic heterocycles. The molecule has 2 heterocycles. The van der Waals surface area contributed by atoms with E-state index in [1.807, 2.05) is 6.08 Å². The first-order chi connectivity index (χ1) is 19.4. The van der Waals surface area contributed by atoms with Crippen LogP contribution in [0.15, 0.2) is 57.0 Å². The summed E-state index contributed by atoms with van der Waals surface area (Å²) < 4.78 is 6.03. The molecule has 41 heavy (non-hydrogen) atoms. The van der Waals surface area contributed by atoms with Gasteiger partial charge in [-0.15, -0.1) is 23.2 Å². The summed E-state index contributed by atoms with van der Waals surface area (Å²) in [7, 11) is 1.38. The van der Waals surface area contributed by atoms with Gasteiger partial charge in [0.05, 0.1) is 34.6 Å². The topological polar surface area (TPSA) is 104 Å². The smallest absolute Gasteiger partial charge is 0.254 e. The summed E-state index contributed by atoms with van der Waals surface area (Å²) in [5.41, 5.74) is 1.39. The Kier molecular flexibility index (Phi) is 7.17. The van der Waals surface area contributed by atoms with Crippen molar-refractivity contribution in [3.8, 4) is 11.5 Å². The highest BCUT2D eigenvalue weighted by atomic mass is 79.9. The lowest BCUT2D eigenvalue weighted by molar-refractivity contribution is -0.138. The van der Waals surface area contributed by atoms with Gasteiger partial charge in [0.15, 0.2) is 21.2 Å². The van der Waals surface area contributed by atoms with Gasteiger partial charge >= 0.3 is 0 Å². The molecule has 1 N–H and O–H groups in total. The van der Waals surface area contributed by atoms with Gasteiger partial charge in [-0.2, -0.15) is 0 Å². The van der Waals surface area contributed by atoms with Gasteiger partial charge in [0.1, 0.15) is 0 Å². The summed E-state index contributed by atoms with van der Waals surface area (Å²) in [6.45, 7) is 0. The molecule has 2 aliphatic carbocycles. The number of ether oxygens (including phenoxy) is 1. The van der Waals surface area contributed by atoms with Crippen molar-refractivity contribution in [1.29, 1.82) is 0 Å². The number of nitrogens with zero attached hydrogens (tertiary/aromatic N) is 2. The number of anilines is 1. The van der Waals surface area contributed by atoms with Crippen LogP contribution >= 0.6 is 71.0 Å². The number of methoxy groups -OCH3 is 1. The zero-order chi connectivity index (χ0) is 29.6. The van der Waals surface area contributed by atoms with E-state index in [0.717, 1.165) is 4.90 Å². The summed E-state index contributed by atoms with van der Waals surface area (Å²) in [5, 5.41) is 10.6. The molecular formula is C28H21Br3Cl2N2O6. The van der Waals surface area contributed by atoms with Crippen LogP contribution in [0.2, 0.25) is 0 Å². The van der Waals surface area contributed by atoms with E-state index in [2.05, 4.69) is 47.8 Å². The summed E-state index contributed by atoms with van der Waals surface area (Å²) in [6.07, 6.45) is 1.97. The van der Waals surface area contributed by atoms with E-state index in [1.54, 1.807) is 30.3 Å². The Labute approximate surface area is 270 Å². The van der Waals surface area contributed by atoms with Gasteiger partial charge in [-0.1, -0.05) is 45.8 Å². The lowest BCUT2D eigenvalue weighted by Crippen LogP contribution is -2.60. The number of hydrogen-bond acceptors (Lipinski definition) is 6. The van der Waals surface area contributed by atoms with Crippen LogP contribution in [0.5, 0.6) is 11.5 Å². The van der Waals surface area contributed by atoms with Crippen LogP contribution in [0.3, 0.4) is 0 Å². The molecule has 2 aromatic rings. The van der Waals surface area contributed by atoms with Gasteiger partial charge in [0.25, 0.3) is 11.8 Å². The Morgan fingerprint density at radius 1 is 1.02 bits per heavy atom. The number of benzene rings is 2. The average Bonchev–Trinajstić information content (AvgIpc) is 3.30. The van der Waals surface area contributed by atoms with Crippen molar-refractivity contribution in [2.45, 2.75) is 28.5 Å². The maximum absolute atomic E-state index is 14.0. The minimum atomic E-state index is -1.98. The number of hydrogen-bond donors (Lipinski definition) is 1. The van der Waals surface area contributed by atoms with E-state index in [-0.39, 0.29) is 46.1 Å². The molecule has 2 saturated heterocycles. The molecule has 4 amide bonds. The lowest BCUT2D eigenvalue weighted by Gasteiger charge is -2.51. The third-order valence-corrected chi connectivity index (χ3v) is 12.8. The SMILES string of the molecule is COc1cc(C2C3=CCC4C(=O)N(c5ccccc5)C(=O)C4C3CC3(Cl)C(=O)N(CBr)C(=O)C23Cl)c(Br)c(Br)c1O. The number of phenolic OH excluding ortho intramolecular Hbond substituents is 1. The second kappa shape index (κ2) is 10.1. The van der Waals surface area contributed by atoms with Gasteiger partial charge in [-0.25, -0.2) is 0 Å². The molecule has 8 nitrogen and oxygen atoms in total. The molecule has 214 valence electrons. The lowest BCUT2D eigenvalue weighted by atomic mass is 9.56. The Hall–Kier alpha value is -1.92. The number of amides is 4. The first-order valence-corrected chi connectivity index (χ1v) is 16.1. The maximum atomic E-state index is 14.0. The number of alkyl halides is 3. The summed E-state index contributed by atoms with van der Waals surface area (Å²) in [6, 6.07) is 10.2. The molecule has 0 radical (unpaired) electrons. The zero-order valence-corrected chi connectivity index (χ0v) is 27.5. The quantitative estimate of drug-likeness (QED) is 0.181. The van der Waals surface area contributed by atoms with Crippen molar-refractivity contribution in [2.75, 3.05) is 17.5 Å². The van der Waals surface area contributed by atoms with E-state index in [0.29, 0.717) is 21.3 Å². The summed E-state index contributed by atoms with van der Waals surface area (Å²) >= 11 is 24.7. The fourth-order valence-electron chi connectivity index (χ4n) is 6.91. The molecular weight excluding hydrogens is 771 g/mol. The molecule has 6 atom stereocenters. The van der Waals surface area contributed by atoms with Crippen LogP contribution in [-0.4, -0.2) is 55.9 Å². The number of carbonyl (C=O) groups excluding carboxylic acids is 4. The van der Waals surface area contributed by atoms with Crippen molar-refractivity contribution >= 4 is 100 Å². The largest absolute Gasteiger partial charge is 0.503 e. The Morgan fingerprint density at radius 2 is 1.71 bits per heavy atom. The van der Waals surface area contributed by atoms with Crippen LogP contribution in [0, 0.1) is 17.8 Å². The molecule has 0 spiro atoms. The number of para-hydroxylation sites is 1. The number of imide groups is 2. The van der Waals surface area contributed by atoms with E-state index < -0.39 is 45.2 Å². The molecule has 4 aliphatic rings. The molecule has 2 aliphatic heterocycles. The minimum Gasteiger partial charge on any atom is -0.503 e. The fraction of sp³-hybridized carbons (Fsp3) is 0.357. The molecule has 6 unspecified atom stereocenters. The normalized spacial score (nSPS) is 32.6. The van der Waals surface area contributed by atoms with Gasteiger partial charge < -0.3 is 9.84 Å². The first kappa shape index (κ1) is 29.2. The third kappa shape index (κ3) is 3.74. The highest BCUT2D eigenvalue weighted by Crippen LogP contribution is 2.66. The van der Waals surface area contributed by atoms with E-state index in [1.165, 1.54) is 18.1 Å². The Balaban J connectivity index is 1.58. The fourth-order valence-corrected chi connectivity index (χ4v) is 9.28. The zero-order valence-electron chi connectivity index (χ0n) is 21.2. The third-order valence-electron chi connectivity index (χ3n) is 8.73. The van der Waals surface area contributed by atoms with Crippen LogP contribution in [-0.2, 0) is 19.2 Å². The molecule has 0 bridgehead atoms. The van der Waals surface area contributed by atoms with Crippen molar-refractivity contribution < 1.29 is 29.0 Å². The number of fused-ring (bicyclic) bond motifs is 4. The van der Waals surface area contributed by atoms with E-state index >= 15 is 0 Å². The minimum absolute atomic E-state index is 0.100. The van der Waals surface area contributed by atoms with Crippen molar-refractivity contribution in [3.05, 3.63) is 62.6 Å². The second-order valence-corrected chi connectivity index (χ2v) is 13.8. The van der Waals surface area contributed by atoms with Crippen LogP contribution in [0.4, 0.5) is 5.69 Å². The second-order valence-electron chi connectivity index (χ2n) is 10.5. The monoisotopic (exact) mass is 788 g/mol. The number of likely N-dealkylation sites (tertiary alicyclic amines) is 1. The first-order valence-electron chi connectivity index (χ1n) is 12.6. The van der Waals surface area contributed by atoms with Gasteiger partial charge in [0.2, 0.25) is 11.8 Å². The number of phenols is 1. The highest BCUT2D eigenvalue weighted by Gasteiger charge is 2.76. The molecule has 3 fully saturated rings. The molecule has 2 aromatic carbocycles. The van der Waals surface area contributed by atoms with Gasteiger partial charge in [0, 0.05) is 10.4 Å². The van der Waals surface area contributed by atoms with Crippen molar-refractivity contribution in [1.82, 2.24) is 4.90 Å². The number of aromatic hydroxyl groups is 1. The van der Waals surface area contributed by atoms with Crippen LogP contribution < -0.4 is 9.64 Å².